The number of para-hydroxylation sites is 3. The molecule has 0 radical (unpaired) electrons. The summed E-state index contributed by atoms with van der Waals surface area (Å²) in [5.74, 6) is 0. The number of anilines is 3. The van der Waals surface area contributed by atoms with Crippen molar-refractivity contribution in [3.05, 3.63) is 258 Å². The minimum Gasteiger partial charge on any atom is -0.309 e. The molecule has 0 aliphatic heterocycles. The van der Waals surface area contributed by atoms with Crippen molar-refractivity contribution in [3.8, 4) is 55.6 Å². The van der Waals surface area contributed by atoms with Crippen molar-refractivity contribution in [1.29, 1.82) is 0 Å². The highest BCUT2D eigenvalue weighted by atomic mass is 15.1. The molecule has 0 amide bonds. The molecule has 0 spiro atoms. The molecule has 11 rings (SSSR count). The van der Waals surface area contributed by atoms with Crippen LogP contribution in [-0.4, -0.2) is 0 Å². The lowest BCUT2D eigenvalue weighted by Gasteiger charge is -2.33. The van der Waals surface area contributed by atoms with Crippen LogP contribution in [0, 0.1) is 0 Å². The number of benzene rings is 10. The van der Waals surface area contributed by atoms with Crippen molar-refractivity contribution < 1.29 is 0 Å². The summed E-state index contributed by atoms with van der Waals surface area (Å²) in [5, 5.41) is 2.45. The quantitative estimate of drug-likeness (QED) is 0.147. The summed E-state index contributed by atoms with van der Waals surface area (Å²) in [7, 11) is 0. The number of hydrogen-bond donors (Lipinski definition) is 0. The number of fused-ring (bicyclic) bond motifs is 4. The van der Waals surface area contributed by atoms with Gasteiger partial charge in [-0.2, -0.15) is 0 Å². The van der Waals surface area contributed by atoms with Crippen molar-refractivity contribution >= 4 is 27.8 Å². The molecule has 10 aromatic rings. The van der Waals surface area contributed by atoms with Gasteiger partial charge in [0.2, 0.25) is 0 Å². The highest BCUT2D eigenvalue weighted by molar-refractivity contribution is 6.10. The molecule has 0 aromatic heterocycles. The molecule has 1 nitrogen and oxygen atoms in total. The van der Waals surface area contributed by atoms with Crippen LogP contribution in [0.4, 0.5) is 17.1 Å². The lowest BCUT2D eigenvalue weighted by Crippen LogP contribution is -2.22. The van der Waals surface area contributed by atoms with E-state index in [1.54, 1.807) is 0 Å². The lowest BCUT2D eigenvalue weighted by atomic mass is 9.74. The van der Waals surface area contributed by atoms with Crippen LogP contribution in [0.1, 0.15) is 76.3 Å². The van der Waals surface area contributed by atoms with Crippen LogP contribution >= 0.6 is 0 Å². The van der Waals surface area contributed by atoms with Crippen LogP contribution < -0.4 is 4.90 Å². The maximum Gasteiger partial charge on any atom is 0.0540 e. The topological polar surface area (TPSA) is 3.24 Å². The third-order valence-electron chi connectivity index (χ3n) is 14.7. The van der Waals surface area contributed by atoms with Gasteiger partial charge < -0.3 is 4.90 Å². The fraction of sp³-hybridized carbons (Fsp3) is 0.147. The summed E-state index contributed by atoms with van der Waals surface area (Å²) >= 11 is 0. The molecule has 0 saturated carbocycles. The Labute approximate surface area is 409 Å². The first-order valence-electron chi connectivity index (χ1n) is 24.5. The lowest BCUT2D eigenvalue weighted by molar-refractivity contribution is 0.569. The fourth-order valence-corrected chi connectivity index (χ4v) is 11.0. The first-order chi connectivity index (χ1) is 33.4. The second-order valence-corrected chi connectivity index (χ2v) is 21.0. The highest BCUT2D eigenvalue weighted by Gasteiger charge is 2.42. The van der Waals surface area contributed by atoms with E-state index in [2.05, 4.69) is 284 Å². The van der Waals surface area contributed by atoms with E-state index in [4.69, 9.17) is 0 Å². The molecule has 336 valence electrons. The maximum atomic E-state index is 2.57. The van der Waals surface area contributed by atoms with Crippen molar-refractivity contribution in [2.75, 3.05) is 4.90 Å². The van der Waals surface area contributed by atoms with Crippen molar-refractivity contribution in [2.45, 2.75) is 64.7 Å². The predicted octanol–water partition coefficient (Wildman–Crippen LogP) is 18.9. The van der Waals surface area contributed by atoms with Crippen LogP contribution in [0.15, 0.2) is 231 Å². The maximum absolute atomic E-state index is 2.57. The van der Waals surface area contributed by atoms with Gasteiger partial charge in [0.05, 0.1) is 17.1 Å². The molecule has 0 N–H and O–H groups in total. The standard InChI is InChI=1S/C68H59N/c1-66(2,3)50-43-48(44-51(45-50)67(4,5)6)52-31-15-19-40-61(52)69(62-41-20-16-32-54(62)56-36-23-28-47-27-22-35-53(64(47)56)46-25-10-8-11-26-46)63-42-21-17-33-55(63)57-37-24-39-60-65(57)58-34-14-18-38-59(58)68(60,7)49-29-12-9-13-30-49/h8-45H,1-7H3. The summed E-state index contributed by atoms with van der Waals surface area (Å²) in [6.07, 6.45) is 0. The van der Waals surface area contributed by atoms with Gasteiger partial charge in [0.1, 0.15) is 0 Å². The normalized spacial score (nSPS) is 14.4. The first kappa shape index (κ1) is 43.8. The van der Waals surface area contributed by atoms with Gasteiger partial charge in [0.15, 0.2) is 0 Å². The van der Waals surface area contributed by atoms with Gasteiger partial charge in [-0.05, 0) is 113 Å². The third kappa shape index (κ3) is 7.58. The summed E-state index contributed by atoms with van der Waals surface area (Å²) in [6, 6.07) is 86.0. The average molecular weight is 890 g/mol. The molecule has 1 atom stereocenters. The van der Waals surface area contributed by atoms with Gasteiger partial charge in [0, 0.05) is 22.1 Å². The SMILES string of the molecule is CC(C)(C)c1cc(-c2ccccc2N(c2ccccc2-c2cccc3c2-c2ccccc2C3(C)c2ccccc2)c2ccccc2-c2cccc3cccc(-c4ccccc4)c23)cc(C(C)(C)C)c1. The van der Waals surface area contributed by atoms with Gasteiger partial charge in [-0.3, -0.25) is 0 Å². The molecule has 69 heavy (non-hydrogen) atoms. The summed E-state index contributed by atoms with van der Waals surface area (Å²) in [4.78, 5) is 2.57. The van der Waals surface area contributed by atoms with Crippen molar-refractivity contribution in [1.82, 2.24) is 0 Å². The Morgan fingerprint density at radius 1 is 0.333 bits per heavy atom. The molecule has 0 fully saturated rings. The summed E-state index contributed by atoms with van der Waals surface area (Å²) in [6.45, 7) is 16.4. The highest BCUT2D eigenvalue weighted by Crippen LogP contribution is 2.57. The zero-order chi connectivity index (χ0) is 47.5. The van der Waals surface area contributed by atoms with Gasteiger partial charge in [-0.15, -0.1) is 0 Å². The van der Waals surface area contributed by atoms with E-state index in [-0.39, 0.29) is 16.2 Å². The number of hydrogen-bond acceptors (Lipinski definition) is 1. The minimum atomic E-state index is -0.329. The Morgan fingerprint density at radius 3 is 1.38 bits per heavy atom. The Kier molecular flexibility index (Phi) is 10.9. The first-order valence-corrected chi connectivity index (χ1v) is 24.5. The van der Waals surface area contributed by atoms with Crippen LogP contribution in [-0.2, 0) is 16.2 Å². The smallest absolute Gasteiger partial charge is 0.0540 e. The van der Waals surface area contributed by atoms with Gasteiger partial charge in [-0.1, -0.05) is 254 Å². The van der Waals surface area contributed by atoms with E-state index < -0.39 is 0 Å². The molecule has 1 aliphatic rings. The minimum absolute atomic E-state index is 0.0487. The van der Waals surface area contributed by atoms with Gasteiger partial charge in [0.25, 0.3) is 0 Å². The Balaban J connectivity index is 1.22. The largest absolute Gasteiger partial charge is 0.309 e. The average Bonchev–Trinajstić information content (AvgIpc) is 3.65. The van der Waals surface area contributed by atoms with Gasteiger partial charge >= 0.3 is 0 Å². The molecular weight excluding hydrogens is 831 g/mol. The molecule has 0 bridgehead atoms. The second kappa shape index (κ2) is 17.1. The monoisotopic (exact) mass is 889 g/mol. The number of rotatable bonds is 8. The van der Waals surface area contributed by atoms with Crippen molar-refractivity contribution in [2.24, 2.45) is 0 Å². The molecule has 1 aliphatic carbocycles. The van der Waals surface area contributed by atoms with Crippen LogP contribution in [0.2, 0.25) is 0 Å². The Morgan fingerprint density at radius 2 is 0.768 bits per heavy atom. The predicted molar refractivity (Wildman–Crippen MR) is 295 cm³/mol. The van der Waals surface area contributed by atoms with E-state index in [0.29, 0.717) is 0 Å². The van der Waals surface area contributed by atoms with E-state index in [9.17, 15) is 0 Å². The third-order valence-corrected chi connectivity index (χ3v) is 14.7. The zero-order valence-corrected chi connectivity index (χ0v) is 40.9. The Hall–Kier alpha value is -7.74. The van der Waals surface area contributed by atoms with E-state index in [0.717, 1.165) is 22.6 Å². The van der Waals surface area contributed by atoms with Crippen LogP contribution in [0.3, 0.4) is 0 Å². The fourth-order valence-electron chi connectivity index (χ4n) is 11.0. The molecule has 0 saturated heterocycles. The Bertz CT molecular complexity index is 3490. The van der Waals surface area contributed by atoms with E-state index in [1.165, 1.54) is 88.7 Å². The van der Waals surface area contributed by atoms with Crippen LogP contribution in [0.25, 0.3) is 66.4 Å². The second-order valence-electron chi connectivity index (χ2n) is 21.0. The molecule has 1 unspecified atom stereocenters. The van der Waals surface area contributed by atoms with E-state index in [1.807, 2.05) is 0 Å². The number of nitrogens with zero attached hydrogens (tertiary/aromatic N) is 1. The molecular formula is C68H59N. The zero-order valence-electron chi connectivity index (χ0n) is 40.9. The van der Waals surface area contributed by atoms with Gasteiger partial charge in [-0.25, -0.2) is 0 Å². The van der Waals surface area contributed by atoms with Crippen molar-refractivity contribution in [3.63, 3.8) is 0 Å². The van der Waals surface area contributed by atoms with E-state index >= 15 is 0 Å². The molecule has 0 heterocycles. The van der Waals surface area contributed by atoms with Crippen LogP contribution in [0.5, 0.6) is 0 Å². The molecule has 10 aromatic carbocycles. The summed E-state index contributed by atoms with van der Waals surface area (Å²) < 4.78 is 0. The molecule has 1 heteroatoms. The summed E-state index contributed by atoms with van der Waals surface area (Å²) in [5.41, 5.74) is 21.7.